The number of hydrogen-bond donors (Lipinski definition) is 0. The SMILES string of the molecule is Cc1nc2cc(Br)c(=O)n(-c3ccc(Cl)cc3)c2nc1C. The van der Waals surface area contributed by atoms with Crippen molar-refractivity contribution in [3.8, 4) is 5.69 Å². The first-order valence-corrected chi connectivity index (χ1v) is 7.47. The Bertz CT molecular complexity index is 903. The van der Waals surface area contributed by atoms with E-state index in [0.29, 0.717) is 26.3 Å². The third-order valence-electron chi connectivity index (χ3n) is 3.28. The summed E-state index contributed by atoms with van der Waals surface area (Å²) in [6.07, 6.45) is 0. The summed E-state index contributed by atoms with van der Waals surface area (Å²) in [7, 11) is 0. The number of hydrogen-bond acceptors (Lipinski definition) is 3. The van der Waals surface area contributed by atoms with Crippen LogP contribution in [0.3, 0.4) is 0 Å². The van der Waals surface area contributed by atoms with Crippen LogP contribution in [0.25, 0.3) is 16.9 Å². The van der Waals surface area contributed by atoms with E-state index in [0.717, 1.165) is 11.4 Å². The molecule has 0 N–H and O–H groups in total. The highest BCUT2D eigenvalue weighted by atomic mass is 79.9. The van der Waals surface area contributed by atoms with Gasteiger partial charge in [-0.1, -0.05) is 11.6 Å². The molecule has 0 saturated carbocycles. The summed E-state index contributed by atoms with van der Waals surface area (Å²) in [4.78, 5) is 21.5. The Balaban J connectivity index is 2.44. The Labute approximate surface area is 134 Å². The van der Waals surface area contributed by atoms with E-state index in [9.17, 15) is 4.79 Å². The minimum Gasteiger partial charge on any atom is -0.268 e. The van der Waals surface area contributed by atoms with E-state index in [1.54, 1.807) is 30.3 Å². The highest BCUT2D eigenvalue weighted by molar-refractivity contribution is 9.10. The van der Waals surface area contributed by atoms with Gasteiger partial charge in [0.25, 0.3) is 5.56 Å². The zero-order valence-electron chi connectivity index (χ0n) is 11.4. The Hall–Kier alpha value is -1.72. The van der Waals surface area contributed by atoms with Crippen LogP contribution in [0.4, 0.5) is 0 Å². The van der Waals surface area contributed by atoms with Gasteiger partial charge in [-0.3, -0.25) is 9.36 Å². The van der Waals surface area contributed by atoms with E-state index in [-0.39, 0.29) is 5.56 Å². The van der Waals surface area contributed by atoms with Crippen molar-refractivity contribution in [3.05, 3.63) is 61.6 Å². The lowest BCUT2D eigenvalue weighted by Crippen LogP contribution is -2.21. The van der Waals surface area contributed by atoms with Crippen LogP contribution < -0.4 is 5.56 Å². The van der Waals surface area contributed by atoms with Gasteiger partial charge in [0.2, 0.25) is 0 Å². The van der Waals surface area contributed by atoms with Crippen molar-refractivity contribution in [2.45, 2.75) is 13.8 Å². The van der Waals surface area contributed by atoms with E-state index in [1.165, 1.54) is 4.57 Å². The van der Waals surface area contributed by atoms with E-state index in [2.05, 4.69) is 25.9 Å². The van der Waals surface area contributed by atoms with Crippen LogP contribution in [0, 0.1) is 13.8 Å². The van der Waals surface area contributed by atoms with Crippen LogP contribution >= 0.6 is 27.5 Å². The van der Waals surface area contributed by atoms with Gasteiger partial charge in [0.1, 0.15) is 5.52 Å². The molecule has 2 aromatic heterocycles. The number of fused-ring (bicyclic) bond motifs is 1. The molecule has 0 aliphatic carbocycles. The predicted octanol–water partition coefficient (Wildman–Crippen LogP) is 3.81. The van der Waals surface area contributed by atoms with Gasteiger partial charge in [-0.05, 0) is 60.1 Å². The topological polar surface area (TPSA) is 47.8 Å². The number of aryl methyl sites for hydroxylation is 2. The van der Waals surface area contributed by atoms with Crippen LogP contribution in [0.5, 0.6) is 0 Å². The van der Waals surface area contributed by atoms with Gasteiger partial charge in [0, 0.05) is 5.02 Å². The van der Waals surface area contributed by atoms with Crippen LogP contribution in [-0.4, -0.2) is 14.5 Å². The summed E-state index contributed by atoms with van der Waals surface area (Å²) in [6.45, 7) is 3.77. The van der Waals surface area contributed by atoms with Crippen LogP contribution in [0.2, 0.25) is 5.02 Å². The van der Waals surface area contributed by atoms with Gasteiger partial charge in [0.05, 0.1) is 21.5 Å². The van der Waals surface area contributed by atoms with Crippen LogP contribution in [0.1, 0.15) is 11.4 Å². The molecule has 1 aromatic carbocycles. The van der Waals surface area contributed by atoms with Gasteiger partial charge in [0.15, 0.2) is 5.65 Å². The van der Waals surface area contributed by atoms with E-state index in [4.69, 9.17) is 11.6 Å². The smallest absolute Gasteiger partial charge is 0.268 e. The lowest BCUT2D eigenvalue weighted by molar-refractivity contribution is 0.972. The molecular formula is C15H11BrClN3O. The molecule has 2 heterocycles. The van der Waals surface area contributed by atoms with Gasteiger partial charge >= 0.3 is 0 Å². The third kappa shape index (κ3) is 2.47. The second-order valence-electron chi connectivity index (χ2n) is 4.71. The van der Waals surface area contributed by atoms with Crippen molar-refractivity contribution >= 4 is 38.7 Å². The molecule has 0 unspecified atom stereocenters. The van der Waals surface area contributed by atoms with Crippen molar-refractivity contribution in [1.29, 1.82) is 0 Å². The number of halogens is 2. The first-order valence-electron chi connectivity index (χ1n) is 6.30. The highest BCUT2D eigenvalue weighted by Gasteiger charge is 2.13. The molecule has 0 spiro atoms. The first kappa shape index (κ1) is 14.2. The minimum absolute atomic E-state index is 0.178. The standard InChI is InChI=1S/C15H11BrClN3O/c1-8-9(2)19-14-13(18-8)7-12(16)15(21)20(14)11-5-3-10(17)4-6-11/h3-7H,1-2H3. The summed E-state index contributed by atoms with van der Waals surface area (Å²) < 4.78 is 1.98. The van der Waals surface area contributed by atoms with Gasteiger partial charge in [-0.25, -0.2) is 9.97 Å². The lowest BCUT2D eigenvalue weighted by Gasteiger charge is -2.11. The molecule has 0 atom stereocenters. The molecule has 106 valence electrons. The third-order valence-corrected chi connectivity index (χ3v) is 4.10. The van der Waals surface area contributed by atoms with Gasteiger partial charge < -0.3 is 0 Å². The van der Waals surface area contributed by atoms with Crippen molar-refractivity contribution in [2.24, 2.45) is 0 Å². The fourth-order valence-corrected chi connectivity index (χ4v) is 2.60. The number of pyridine rings is 1. The highest BCUT2D eigenvalue weighted by Crippen LogP contribution is 2.20. The first-order chi connectivity index (χ1) is 9.97. The number of aromatic nitrogens is 3. The molecule has 0 bridgehead atoms. The van der Waals surface area contributed by atoms with Crippen molar-refractivity contribution in [1.82, 2.24) is 14.5 Å². The van der Waals surface area contributed by atoms with Gasteiger partial charge in [-0.2, -0.15) is 0 Å². The molecule has 3 rings (SSSR count). The molecule has 4 nitrogen and oxygen atoms in total. The van der Waals surface area contributed by atoms with Crippen molar-refractivity contribution in [3.63, 3.8) is 0 Å². The normalized spacial score (nSPS) is 11.0. The Morgan fingerprint density at radius 2 is 1.71 bits per heavy atom. The maximum Gasteiger partial charge on any atom is 0.271 e. The second-order valence-corrected chi connectivity index (χ2v) is 6.00. The number of rotatable bonds is 1. The molecule has 0 aliphatic rings. The molecule has 0 aliphatic heterocycles. The van der Waals surface area contributed by atoms with Crippen molar-refractivity contribution in [2.75, 3.05) is 0 Å². The molecule has 0 saturated heterocycles. The molecular weight excluding hydrogens is 354 g/mol. The summed E-state index contributed by atoms with van der Waals surface area (Å²) in [5, 5.41) is 0.615. The molecule has 3 aromatic rings. The maximum absolute atomic E-state index is 12.5. The molecule has 6 heteroatoms. The average molecular weight is 365 g/mol. The fraction of sp³-hybridized carbons (Fsp3) is 0.133. The van der Waals surface area contributed by atoms with Crippen molar-refractivity contribution < 1.29 is 0 Å². The minimum atomic E-state index is -0.178. The summed E-state index contributed by atoms with van der Waals surface area (Å²) in [6, 6.07) is 8.75. The second kappa shape index (κ2) is 5.24. The number of benzene rings is 1. The summed E-state index contributed by atoms with van der Waals surface area (Å²) in [5.74, 6) is 0. The predicted molar refractivity (Wildman–Crippen MR) is 87.3 cm³/mol. The zero-order chi connectivity index (χ0) is 15.1. The Morgan fingerprint density at radius 1 is 1.10 bits per heavy atom. The summed E-state index contributed by atoms with van der Waals surface area (Å²) in [5.41, 5.74) is 3.37. The molecule has 0 fully saturated rings. The maximum atomic E-state index is 12.5. The van der Waals surface area contributed by atoms with Gasteiger partial charge in [-0.15, -0.1) is 0 Å². The number of nitrogens with zero attached hydrogens (tertiary/aromatic N) is 3. The lowest BCUT2D eigenvalue weighted by atomic mass is 10.2. The average Bonchev–Trinajstić information content (AvgIpc) is 2.44. The van der Waals surface area contributed by atoms with E-state index < -0.39 is 0 Å². The zero-order valence-corrected chi connectivity index (χ0v) is 13.7. The van der Waals surface area contributed by atoms with E-state index >= 15 is 0 Å². The molecule has 0 amide bonds. The Morgan fingerprint density at radius 3 is 2.38 bits per heavy atom. The van der Waals surface area contributed by atoms with E-state index in [1.807, 2.05) is 13.8 Å². The quantitative estimate of drug-likeness (QED) is 0.659. The van der Waals surface area contributed by atoms with Crippen LogP contribution in [0.15, 0.2) is 39.6 Å². The monoisotopic (exact) mass is 363 g/mol. The Kier molecular flexibility index (Phi) is 3.55. The van der Waals surface area contributed by atoms with Crippen LogP contribution in [-0.2, 0) is 0 Å². The largest absolute Gasteiger partial charge is 0.271 e. The fourth-order valence-electron chi connectivity index (χ4n) is 2.08. The molecule has 21 heavy (non-hydrogen) atoms. The molecule has 0 radical (unpaired) electrons. The summed E-state index contributed by atoms with van der Waals surface area (Å²) >= 11 is 9.20.